The minimum absolute atomic E-state index is 0.132. The number of anilines is 1. The number of benzene rings is 2. The fraction of sp³-hybridized carbons (Fsp3) is 0.0500. The monoisotopic (exact) mass is 372 g/mol. The van der Waals surface area contributed by atoms with Crippen molar-refractivity contribution in [3.8, 4) is 22.7 Å². The van der Waals surface area contributed by atoms with E-state index in [9.17, 15) is 4.79 Å². The Morgan fingerprint density at radius 3 is 2.50 bits per heavy atom. The molecule has 0 atom stereocenters. The van der Waals surface area contributed by atoms with Crippen molar-refractivity contribution in [1.29, 1.82) is 0 Å². The molecule has 28 heavy (non-hydrogen) atoms. The van der Waals surface area contributed by atoms with Gasteiger partial charge in [-0.05, 0) is 23.3 Å². The molecular weight excluding hydrogens is 356 g/mol. The van der Waals surface area contributed by atoms with Crippen LogP contribution in [0.1, 0.15) is 0 Å². The van der Waals surface area contributed by atoms with Gasteiger partial charge in [-0.1, -0.05) is 42.5 Å². The Morgan fingerprint density at radius 1 is 0.964 bits per heavy atom. The van der Waals surface area contributed by atoms with Crippen LogP contribution in [0.5, 0.6) is 5.75 Å². The Kier molecular flexibility index (Phi) is 5.01. The summed E-state index contributed by atoms with van der Waals surface area (Å²) in [6.45, 7) is -0.132. The SMILES string of the molecule is O=C(COc1ccc(-c2ccccc2)cc1)Nc1cc(-n2cncn2)ncn1. The second-order valence-corrected chi connectivity index (χ2v) is 5.83. The van der Waals surface area contributed by atoms with E-state index >= 15 is 0 Å². The smallest absolute Gasteiger partial charge is 0.263 e. The molecule has 2 heterocycles. The van der Waals surface area contributed by atoms with E-state index in [0.29, 0.717) is 17.4 Å². The fourth-order valence-corrected chi connectivity index (χ4v) is 2.57. The Morgan fingerprint density at radius 2 is 1.75 bits per heavy atom. The van der Waals surface area contributed by atoms with Crippen molar-refractivity contribution in [2.75, 3.05) is 11.9 Å². The molecule has 0 aliphatic carbocycles. The number of nitrogens with zero attached hydrogens (tertiary/aromatic N) is 5. The minimum atomic E-state index is -0.324. The van der Waals surface area contributed by atoms with Gasteiger partial charge in [0.15, 0.2) is 12.4 Å². The normalized spacial score (nSPS) is 10.4. The van der Waals surface area contributed by atoms with Crippen LogP contribution in [0, 0.1) is 0 Å². The number of ether oxygens (including phenoxy) is 1. The van der Waals surface area contributed by atoms with Crippen molar-refractivity contribution in [2.45, 2.75) is 0 Å². The van der Waals surface area contributed by atoms with Crippen LogP contribution in [0.2, 0.25) is 0 Å². The van der Waals surface area contributed by atoms with Gasteiger partial charge in [-0.3, -0.25) is 4.79 Å². The number of carbonyl (C=O) groups is 1. The average molecular weight is 372 g/mol. The number of aromatic nitrogens is 5. The minimum Gasteiger partial charge on any atom is -0.484 e. The summed E-state index contributed by atoms with van der Waals surface area (Å²) >= 11 is 0. The molecule has 0 radical (unpaired) electrons. The first-order valence-electron chi connectivity index (χ1n) is 8.53. The summed E-state index contributed by atoms with van der Waals surface area (Å²) in [5, 5.41) is 6.66. The predicted molar refractivity (Wildman–Crippen MR) is 103 cm³/mol. The van der Waals surface area contributed by atoms with Gasteiger partial charge < -0.3 is 10.1 Å². The van der Waals surface area contributed by atoms with Crippen LogP contribution in [-0.2, 0) is 4.79 Å². The fourth-order valence-electron chi connectivity index (χ4n) is 2.57. The van der Waals surface area contributed by atoms with Crippen LogP contribution in [0.15, 0.2) is 79.6 Å². The van der Waals surface area contributed by atoms with Crippen molar-refractivity contribution in [1.82, 2.24) is 24.7 Å². The van der Waals surface area contributed by atoms with Gasteiger partial charge in [0.1, 0.15) is 30.5 Å². The number of rotatable bonds is 6. The van der Waals surface area contributed by atoms with Crippen LogP contribution in [-0.4, -0.2) is 37.2 Å². The molecular formula is C20H16N6O2. The number of amides is 1. The van der Waals surface area contributed by atoms with Crippen LogP contribution in [0.4, 0.5) is 5.82 Å². The number of hydrogen-bond donors (Lipinski definition) is 1. The third-order valence-electron chi connectivity index (χ3n) is 3.90. The highest BCUT2D eigenvalue weighted by atomic mass is 16.5. The van der Waals surface area contributed by atoms with E-state index in [4.69, 9.17) is 4.74 Å². The maximum absolute atomic E-state index is 12.1. The summed E-state index contributed by atoms with van der Waals surface area (Å²) in [6.07, 6.45) is 4.25. The molecule has 0 saturated heterocycles. The van der Waals surface area contributed by atoms with Gasteiger partial charge in [0.25, 0.3) is 5.91 Å². The van der Waals surface area contributed by atoms with Gasteiger partial charge in [0.05, 0.1) is 0 Å². The van der Waals surface area contributed by atoms with Gasteiger partial charge in [-0.15, -0.1) is 0 Å². The van der Waals surface area contributed by atoms with Gasteiger partial charge in [-0.2, -0.15) is 5.10 Å². The van der Waals surface area contributed by atoms with Crippen molar-refractivity contribution >= 4 is 11.7 Å². The lowest BCUT2D eigenvalue weighted by atomic mass is 10.1. The zero-order valence-electron chi connectivity index (χ0n) is 14.8. The lowest BCUT2D eigenvalue weighted by Crippen LogP contribution is -2.21. The Labute approximate surface area is 160 Å². The second kappa shape index (κ2) is 8.09. The number of nitrogens with one attached hydrogen (secondary N) is 1. The molecule has 0 spiro atoms. The summed E-state index contributed by atoms with van der Waals surface area (Å²) in [5.41, 5.74) is 2.21. The van der Waals surface area contributed by atoms with E-state index in [1.165, 1.54) is 23.7 Å². The highest BCUT2D eigenvalue weighted by Gasteiger charge is 2.07. The first kappa shape index (κ1) is 17.3. The molecule has 2 aromatic heterocycles. The van der Waals surface area contributed by atoms with E-state index in [2.05, 4.69) is 25.4 Å². The van der Waals surface area contributed by atoms with Gasteiger partial charge in [-0.25, -0.2) is 19.6 Å². The molecule has 0 aliphatic rings. The van der Waals surface area contributed by atoms with Crippen molar-refractivity contribution in [2.24, 2.45) is 0 Å². The summed E-state index contributed by atoms with van der Waals surface area (Å²) in [6, 6.07) is 19.2. The molecule has 8 heteroatoms. The Hall–Kier alpha value is -4.07. The standard InChI is InChI=1S/C20H16N6O2/c27-20(25-18-10-19(23-13-22-18)26-14-21-12-24-26)11-28-17-8-6-16(7-9-17)15-4-2-1-3-5-15/h1-10,12-14H,11H2,(H,22,23,25,27). The highest BCUT2D eigenvalue weighted by molar-refractivity contribution is 5.91. The second-order valence-electron chi connectivity index (χ2n) is 5.83. The highest BCUT2D eigenvalue weighted by Crippen LogP contribution is 2.22. The van der Waals surface area contributed by atoms with Crippen molar-refractivity contribution in [3.05, 3.63) is 79.6 Å². The quantitative estimate of drug-likeness (QED) is 0.559. The molecule has 1 N–H and O–H groups in total. The lowest BCUT2D eigenvalue weighted by molar-refractivity contribution is -0.118. The van der Waals surface area contributed by atoms with Gasteiger partial charge in [0, 0.05) is 6.07 Å². The van der Waals surface area contributed by atoms with E-state index in [-0.39, 0.29) is 12.5 Å². The van der Waals surface area contributed by atoms with Gasteiger partial charge in [0.2, 0.25) is 0 Å². The third kappa shape index (κ3) is 4.18. The number of carbonyl (C=O) groups excluding carboxylic acids is 1. The Balaban J connectivity index is 1.34. The molecule has 0 saturated carbocycles. The zero-order valence-corrected chi connectivity index (χ0v) is 14.8. The van der Waals surface area contributed by atoms with Crippen LogP contribution < -0.4 is 10.1 Å². The molecule has 0 unspecified atom stereocenters. The molecule has 8 nitrogen and oxygen atoms in total. The summed E-state index contributed by atoms with van der Waals surface area (Å²) in [5.74, 6) is 1.14. The first-order chi connectivity index (χ1) is 13.8. The van der Waals surface area contributed by atoms with E-state index in [1.54, 1.807) is 6.07 Å². The van der Waals surface area contributed by atoms with Crippen LogP contribution in [0.3, 0.4) is 0 Å². The largest absolute Gasteiger partial charge is 0.484 e. The molecule has 0 bridgehead atoms. The lowest BCUT2D eigenvalue weighted by Gasteiger charge is -2.08. The average Bonchev–Trinajstić information content (AvgIpc) is 3.29. The molecule has 4 aromatic rings. The van der Waals surface area contributed by atoms with E-state index < -0.39 is 0 Å². The maximum atomic E-state index is 12.1. The number of hydrogen-bond acceptors (Lipinski definition) is 6. The van der Waals surface area contributed by atoms with Crippen LogP contribution >= 0.6 is 0 Å². The third-order valence-corrected chi connectivity index (χ3v) is 3.90. The molecule has 1 amide bonds. The molecule has 4 rings (SSSR count). The molecule has 0 aliphatic heterocycles. The Bertz CT molecular complexity index is 1050. The zero-order chi connectivity index (χ0) is 19.2. The summed E-state index contributed by atoms with van der Waals surface area (Å²) in [7, 11) is 0. The van der Waals surface area contributed by atoms with Crippen molar-refractivity contribution in [3.63, 3.8) is 0 Å². The molecule has 138 valence electrons. The van der Waals surface area contributed by atoms with E-state index in [1.807, 2.05) is 54.6 Å². The molecule has 0 fully saturated rings. The summed E-state index contributed by atoms with van der Waals surface area (Å²) in [4.78, 5) is 24.1. The van der Waals surface area contributed by atoms with Crippen molar-refractivity contribution < 1.29 is 9.53 Å². The predicted octanol–water partition coefficient (Wildman–Crippen LogP) is 2.74. The van der Waals surface area contributed by atoms with Crippen LogP contribution in [0.25, 0.3) is 16.9 Å². The maximum Gasteiger partial charge on any atom is 0.263 e. The first-order valence-corrected chi connectivity index (χ1v) is 8.53. The topological polar surface area (TPSA) is 94.8 Å². The van der Waals surface area contributed by atoms with E-state index in [0.717, 1.165) is 11.1 Å². The van der Waals surface area contributed by atoms with Gasteiger partial charge >= 0.3 is 0 Å². The molecule has 2 aromatic carbocycles. The summed E-state index contributed by atoms with van der Waals surface area (Å²) < 4.78 is 7.02.